The van der Waals surface area contributed by atoms with Crippen molar-refractivity contribution in [3.8, 4) is 0 Å². The molecule has 1 aromatic carbocycles. The standard InChI is InChI=1S/C14H21NO3S/c1-10(2)12-6-5-7-13(8-12)15-14(16)9-19(17,18)11(3)4/h5-8,10-11H,9H2,1-4H3,(H,15,16). The predicted octanol–water partition coefficient (Wildman–Crippen LogP) is 2.57. The molecular weight excluding hydrogens is 262 g/mol. The second-order valence-electron chi connectivity index (χ2n) is 5.18. The molecule has 0 saturated heterocycles. The van der Waals surface area contributed by atoms with Gasteiger partial charge in [-0.25, -0.2) is 8.42 Å². The number of hydrogen-bond acceptors (Lipinski definition) is 3. The molecule has 106 valence electrons. The third-order valence-corrected chi connectivity index (χ3v) is 4.99. The van der Waals surface area contributed by atoms with Gasteiger partial charge in [-0.1, -0.05) is 26.0 Å². The minimum atomic E-state index is -3.36. The van der Waals surface area contributed by atoms with Crippen LogP contribution in [0.3, 0.4) is 0 Å². The van der Waals surface area contributed by atoms with E-state index in [1.165, 1.54) is 0 Å². The Bertz CT molecular complexity index is 548. The largest absolute Gasteiger partial charge is 0.325 e. The van der Waals surface area contributed by atoms with Crippen molar-refractivity contribution in [1.82, 2.24) is 0 Å². The Kier molecular flexibility index (Phi) is 5.11. The van der Waals surface area contributed by atoms with E-state index in [0.29, 0.717) is 11.6 Å². The fourth-order valence-electron chi connectivity index (χ4n) is 1.52. The molecule has 19 heavy (non-hydrogen) atoms. The lowest BCUT2D eigenvalue weighted by atomic mass is 10.0. The molecule has 0 atom stereocenters. The fourth-order valence-corrected chi connectivity index (χ4v) is 2.29. The molecule has 0 aliphatic heterocycles. The van der Waals surface area contributed by atoms with Crippen molar-refractivity contribution in [2.75, 3.05) is 11.1 Å². The van der Waals surface area contributed by atoms with Crippen molar-refractivity contribution >= 4 is 21.4 Å². The van der Waals surface area contributed by atoms with Crippen molar-refractivity contribution in [3.05, 3.63) is 29.8 Å². The first-order chi connectivity index (χ1) is 8.72. The van der Waals surface area contributed by atoms with Gasteiger partial charge in [0.25, 0.3) is 0 Å². The Hall–Kier alpha value is -1.36. The van der Waals surface area contributed by atoms with Crippen LogP contribution in [0.4, 0.5) is 5.69 Å². The fraction of sp³-hybridized carbons (Fsp3) is 0.500. The molecule has 5 heteroatoms. The first kappa shape index (κ1) is 15.7. The molecular formula is C14H21NO3S. The molecule has 1 amide bonds. The molecule has 1 aromatic rings. The highest BCUT2D eigenvalue weighted by Gasteiger charge is 2.20. The number of amides is 1. The van der Waals surface area contributed by atoms with E-state index in [1.54, 1.807) is 19.9 Å². The Morgan fingerprint density at radius 1 is 1.21 bits per heavy atom. The second-order valence-corrected chi connectivity index (χ2v) is 7.74. The van der Waals surface area contributed by atoms with Crippen LogP contribution >= 0.6 is 0 Å². The normalized spacial score (nSPS) is 11.9. The van der Waals surface area contributed by atoms with Crippen molar-refractivity contribution < 1.29 is 13.2 Å². The number of carbonyl (C=O) groups excluding carboxylic acids is 1. The van der Waals surface area contributed by atoms with E-state index >= 15 is 0 Å². The molecule has 0 radical (unpaired) electrons. The van der Waals surface area contributed by atoms with Gasteiger partial charge in [0.05, 0.1) is 5.25 Å². The molecule has 0 aromatic heterocycles. The zero-order chi connectivity index (χ0) is 14.6. The van der Waals surface area contributed by atoms with Crippen LogP contribution in [0.1, 0.15) is 39.2 Å². The quantitative estimate of drug-likeness (QED) is 0.903. The highest BCUT2D eigenvalue weighted by atomic mass is 32.2. The molecule has 0 saturated carbocycles. The smallest absolute Gasteiger partial charge is 0.239 e. The van der Waals surface area contributed by atoms with Gasteiger partial charge in [-0.05, 0) is 37.5 Å². The van der Waals surface area contributed by atoms with Crippen LogP contribution in [0, 0.1) is 0 Å². The Morgan fingerprint density at radius 3 is 2.37 bits per heavy atom. The Balaban J connectivity index is 2.75. The minimum Gasteiger partial charge on any atom is -0.325 e. The van der Waals surface area contributed by atoms with Crippen LogP contribution in [0.5, 0.6) is 0 Å². The molecule has 0 spiro atoms. The van der Waals surface area contributed by atoms with E-state index in [1.807, 2.05) is 18.2 Å². The molecule has 0 bridgehead atoms. The van der Waals surface area contributed by atoms with Crippen LogP contribution in [-0.4, -0.2) is 25.3 Å². The van der Waals surface area contributed by atoms with E-state index in [2.05, 4.69) is 19.2 Å². The molecule has 1 N–H and O–H groups in total. The third kappa shape index (κ3) is 4.67. The lowest BCUT2D eigenvalue weighted by Crippen LogP contribution is -2.27. The zero-order valence-corrected chi connectivity index (χ0v) is 12.6. The predicted molar refractivity (Wildman–Crippen MR) is 78.1 cm³/mol. The van der Waals surface area contributed by atoms with Gasteiger partial charge in [-0.15, -0.1) is 0 Å². The maximum atomic E-state index is 11.7. The van der Waals surface area contributed by atoms with Crippen LogP contribution in [0.2, 0.25) is 0 Å². The van der Waals surface area contributed by atoms with Gasteiger partial charge in [0, 0.05) is 5.69 Å². The summed E-state index contributed by atoms with van der Waals surface area (Å²) in [6.07, 6.45) is 0. The van der Waals surface area contributed by atoms with Gasteiger partial charge < -0.3 is 5.32 Å². The van der Waals surface area contributed by atoms with Gasteiger partial charge in [-0.2, -0.15) is 0 Å². The van der Waals surface area contributed by atoms with Crippen LogP contribution in [0.25, 0.3) is 0 Å². The van der Waals surface area contributed by atoms with Gasteiger partial charge >= 0.3 is 0 Å². The Morgan fingerprint density at radius 2 is 1.84 bits per heavy atom. The Labute approximate surface area is 115 Å². The number of nitrogens with one attached hydrogen (secondary N) is 1. The number of rotatable bonds is 5. The number of sulfone groups is 1. The maximum absolute atomic E-state index is 11.7. The molecule has 0 unspecified atom stereocenters. The van der Waals surface area contributed by atoms with E-state index in [-0.39, 0.29) is 0 Å². The van der Waals surface area contributed by atoms with Crippen molar-refractivity contribution in [2.45, 2.75) is 38.9 Å². The number of carbonyl (C=O) groups is 1. The van der Waals surface area contributed by atoms with Crippen molar-refractivity contribution in [2.24, 2.45) is 0 Å². The van der Waals surface area contributed by atoms with E-state index in [9.17, 15) is 13.2 Å². The van der Waals surface area contributed by atoms with Crippen molar-refractivity contribution in [3.63, 3.8) is 0 Å². The summed E-state index contributed by atoms with van der Waals surface area (Å²) in [6.45, 7) is 7.26. The van der Waals surface area contributed by atoms with Crippen molar-refractivity contribution in [1.29, 1.82) is 0 Å². The minimum absolute atomic E-state index is 0.358. The number of benzene rings is 1. The maximum Gasteiger partial charge on any atom is 0.239 e. The summed E-state index contributed by atoms with van der Waals surface area (Å²) in [4.78, 5) is 11.7. The van der Waals surface area contributed by atoms with Gasteiger partial charge in [-0.3, -0.25) is 4.79 Å². The molecule has 0 aliphatic carbocycles. The first-order valence-corrected chi connectivity index (χ1v) is 8.05. The van der Waals surface area contributed by atoms with Crippen LogP contribution in [0.15, 0.2) is 24.3 Å². The number of hydrogen-bond donors (Lipinski definition) is 1. The zero-order valence-electron chi connectivity index (χ0n) is 11.8. The lowest BCUT2D eigenvalue weighted by Gasteiger charge is -2.11. The summed E-state index contributed by atoms with van der Waals surface area (Å²) in [5.74, 6) is -0.609. The summed E-state index contributed by atoms with van der Waals surface area (Å²) in [6, 6.07) is 7.45. The third-order valence-electron chi connectivity index (χ3n) is 2.89. The average molecular weight is 283 g/mol. The average Bonchev–Trinajstić information content (AvgIpc) is 2.28. The number of anilines is 1. The molecule has 1 rings (SSSR count). The summed E-state index contributed by atoms with van der Waals surface area (Å²) in [5.41, 5.74) is 1.74. The second kappa shape index (κ2) is 6.19. The highest BCUT2D eigenvalue weighted by Crippen LogP contribution is 2.18. The molecule has 0 heterocycles. The van der Waals surface area contributed by atoms with E-state index in [4.69, 9.17) is 0 Å². The van der Waals surface area contributed by atoms with Crippen LogP contribution < -0.4 is 5.32 Å². The van der Waals surface area contributed by atoms with E-state index in [0.717, 1.165) is 5.56 Å². The van der Waals surface area contributed by atoms with Gasteiger partial charge in [0.2, 0.25) is 5.91 Å². The first-order valence-electron chi connectivity index (χ1n) is 6.33. The van der Waals surface area contributed by atoms with E-state index < -0.39 is 26.7 Å². The lowest BCUT2D eigenvalue weighted by molar-refractivity contribution is -0.113. The molecule has 4 nitrogen and oxygen atoms in total. The van der Waals surface area contributed by atoms with Crippen LogP contribution in [-0.2, 0) is 14.6 Å². The van der Waals surface area contributed by atoms with Gasteiger partial charge in [0.15, 0.2) is 9.84 Å². The summed E-state index contributed by atoms with van der Waals surface area (Å²) in [5, 5.41) is 2.09. The molecule has 0 aliphatic rings. The SMILES string of the molecule is CC(C)c1cccc(NC(=O)CS(=O)(=O)C(C)C)c1. The topological polar surface area (TPSA) is 63.2 Å². The monoisotopic (exact) mass is 283 g/mol. The summed E-state index contributed by atoms with van der Waals surface area (Å²) in [7, 11) is -3.36. The summed E-state index contributed by atoms with van der Waals surface area (Å²) >= 11 is 0. The highest BCUT2D eigenvalue weighted by molar-refractivity contribution is 7.92. The summed E-state index contributed by atoms with van der Waals surface area (Å²) < 4.78 is 23.3. The van der Waals surface area contributed by atoms with Gasteiger partial charge in [0.1, 0.15) is 5.75 Å². The molecule has 0 fully saturated rings.